The molecule has 76 valence electrons. The molecule has 0 unspecified atom stereocenters. The van der Waals surface area contributed by atoms with E-state index in [-0.39, 0.29) is 5.43 Å². The van der Waals surface area contributed by atoms with Crippen molar-refractivity contribution in [2.45, 2.75) is 0 Å². The van der Waals surface area contributed by atoms with E-state index >= 15 is 0 Å². The standard InChI is InChI=1S/C11H10N2O2/c1-12-13-6-8-7-15-10-5-3-2-4-9(10)11(8)14/h2-7,12H,1H3/b13-6+. The highest BCUT2D eigenvalue weighted by Gasteiger charge is 2.03. The van der Waals surface area contributed by atoms with Gasteiger partial charge in [-0.3, -0.25) is 4.79 Å². The van der Waals surface area contributed by atoms with Crippen molar-refractivity contribution in [3.8, 4) is 0 Å². The molecule has 0 aliphatic heterocycles. The lowest BCUT2D eigenvalue weighted by Gasteiger charge is -1.96. The van der Waals surface area contributed by atoms with Crippen molar-refractivity contribution in [1.82, 2.24) is 5.43 Å². The van der Waals surface area contributed by atoms with Crippen LogP contribution >= 0.6 is 0 Å². The maximum atomic E-state index is 11.9. The molecular weight excluding hydrogens is 192 g/mol. The molecule has 1 N–H and O–H groups in total. The lowest BCUT2D eigenvalue weighted by molar-refractivity contribution is 0.601. The minimum absolute atomic E-state index is 0.0733. The molecule has 0 bridgehead atoms. The molecule has 0 saturated carbocycles. The lowest BCUT2D eigenvalue weighted by atomic mass is 10.2. The van der Waals surface area contributed by atoms with Crippen molar-refractivity contribution in [2.75, 3.05) is 7.05 Å². The van der Waals surface area contributed by atoms with Crippen LogP contribution in [0.1, 0.15) is 5.56 Å². The van der Waals surface area contributed by atoms with E-state index in [1.165, 1.54) is 12.5 Å². The van der Waals surface area contributed by atoms with E-state index in [4.69, 9.17) is 4.42 Å². The Balaban J connectivity index is 2.65. The average Bonchev–Trinajstić information content (AvgIpc) is 2.29. The summed E-state index contributed by atoms with van der Waals surface area (Å²) >= 11 is 0. The number of hydrogen-bond acceptors (Lipinski definition) is 4. The molecule has 4 heteroatoms. The Labute approximate surface area is 86.2 Å². The van der Waals surface area contributed by atoms with Gasteiger partial charge in [0.1, 0.15) is 11.8 Å². The van der Waals surface area contributed by atoms with Gasteiger partial charge in [-0.15, -0.1) is 0 Å². The summed E-state index contributed by atoms with van der Waals surface area (Å²) in [4.78, 5) is 11.9. The van der Waals surface area contributed by atoms with Crippen LogP contribution < -0.4 is 10.9 Å². The molecule has 0 amide bonds. The van der Waals surface area contributed by atoms with Crippen LogP contribution in [0.5, 0.6) is 0 Å². The van der Waals surface area contributed by atoms with Gasteiger partial charge < -0.3 is 9.84 Å². The van der Waals surface area contributed by atoms with E-state index in [1.54, 1.807) is 25.2 Å². The van der Waals surface area contributed by atoms with Gasteiger partial charge in [0.2, 0.25) is 5.43 Å². The van der Waals surface area contributed by atoms with Gasteiger partial charge in [0.15, 0.2) is 0 Å². The molecule has 0 fully saturated rings. The van der Waals surface area contributed by atoms with E-state index in [0.29, 0.717) is 16.5 Å². The van der Waals surface area contributed by atoms with Gasteiger partial charge in [-0.2, -0.15) is 5.10 Å². The molecule has 0 saturated heterocycles. The minimum atomic E-state index is -0.0733. The molecule has 0 radical (unpaired) electrons. The molecule has 15 heavy (non-hydrogen) atoms. The second kappa shape index (κ2) is 3.96. The number of rotatable bonds is 2. The zero-order chi connectivity index (χ0) is 10.7. The first-order chi connectivity index (χ1) is 7.33. The van der Waals surface area contributed by atoms with Crippen LogP contribution in [0.15, 0.2) is 44.8 Å². The van der Waals surface area contributed by atoms with Crippen LogP contribution in [0, 0.1) is 0 Å². The van der Waals surface area contributed by atoms with Crippen LogP contribution in [0.25, 0.3) is 11.0 Å². The van der Waals surface area contributed by atoms with Gasteiger partial charge in [0.25, 0.3) is 0 Å². The number of benzene rings is 1. The quantitative estimate of drug-likeness (QED) is 0.590. The van der Waals surface area contributed by atoms with Crippen LogP contribution in [0.4, 0.5) is 0 Å². The third-order valence-electron chi connectivity index (χ3n) is 2.04. The third-order valence-corrected chi connectivity index (χ3v) is 2.04. The SMILES string of the molecule is CN/N=C/c1coc2ccccc2c1=O. The molecule has 0 spiro atoms. The highest BCUT2D eigenvalue weighted by atomic mass is 16.3. The Morgan fingerprint density at radius 3 is 3.00 bits per heavy atom. The summed E-state index contributed by atoms with van der Waals surface area (Å²) < 4.78 is 5.30. The highest BCUT2D eigenvalue weighted by molar-refractivity contribution is 5.85. The Hall–Kier alpha value is -2.10. The second-order valence-corrected chi connectivity index (χ2v) is 3.00. The fraction of sp³-hybridized carbons (Fsp3) is 0.0909. The molecular formula is C11H10N2O2. The number of hydrazone groups is 1. The van der Waals surface area contributed by atoms with Crippen LogP contribution in [-0.4, -0.2) is 13.3 Å². The van der Waals surface area contributed by atoms with Crippen molar-refractivity contribution in [1.29, 1.82) is 0 Å². The van der Waals surface area contributed by atoms with E-state index < -0.39 is 0 Å². The predicted octanol–water partition coefficient (Wildman–Crippen LogP) is 1.35. The number of nitrogens with one attached hydrogen (secondary N) is 1. The molecule has 4 nitrogen and oxygen atoms in total. The van der Waals surface area contributed by atoms with Gasteiger partial charge in [0, 0.05) is 7.05 Å². The Bertz CT molecular complexity index is 558. The largest absolute Gasteiger partial charge is 0.463 e. The summed E-state index contributed by atoms with van der Waals surface area (Å²) in [5.41, 5.74) is 3.53. The maximum absolute atomic E-state index is 11.9. The molecule has 1 aromatic carbocycles. The van der Waals surface area contributed by atoms with E-state index in [2.05, 4.69) is 10.5 Å². The van der Waals surface area contributed by atoms with Crippen molar-refractivity contribution >= 4 is 17.2 Å². The van der Waals surface area contributed by atoms with Crippen molar-refractivity contribution in [2.24, 2.45) is 5.10 Å². The molecule has 0 aliphatic rings. The van der Waals surface area contributed by atoms with Crippen molar-refractivity contribution in [3.63, 3.8) is 0 Å². The first-order valence-electron chi connectivity index (χ1n) is 4.53. The third kappa shape index (κ3) is 1.74. The first-order valence-corrected chi connectivity index (χ1v) is 4.53. The number of fused-ring (bicyclic) bond motifs is 1. The smallest absolute Gasteiger partial charge is 0.201 e. The Kier molecular flexibility index (Phi) is 2.49. The maximum Gasteiger partial charge on any atom is 0.201 e. The number of para-hydroxylation sites is 1. The molecule has 0 atom stereocenters. The van der Waals surface area contributed by atoms with E-state index in [1.807, 2.05) is 6.07 Å². The average molecular weight is 202 g/mol. The zero-order valence-corrected chi connectivity index (χ0v) is 8.23. The number of hydrogen-bond donors (Lipinski definition) is 1. The molecule has 2 aromatic rings. The summed E-state index contributed by atoms with van der Waals surface area (Å²) in [6.07, 6.45) is 2.85. The monoisotopic (exact) mass is 202 g/mol. The molecule has 1 heterocycles. The minimum Gasteiger partial charge on any atom is -0.463 e. The van der Waals surface area contributed by atoms with E-state index in [0.717, 1.165) is 0 Å². The van der Waals surface area contributed by atoms with Crippen LogP contribution in [-0.2, 0) is 0 Å². The number of nitrogens with zero attached hydrogens (tertiary/aromatic N) is 1. The molecule has 1 aromatic heterocycles. The fourth-order valence-electron chi connectivity index (χ4n) is 1.32. The summed E-state index contributed by atoms with van der Waals surface area (Å²) in [5, 5.41) is 4.34. The molecule has 0 aliphatic carbocycles. The van der Waals surface area contributed by atoms with Crippen LogP contribution in [0.2, 0.25) is 0 Å². The fourth-order valence-corrected chi connectivity index (χ4v) is 1.32. The summed E-state index contributed by atoms with van der Waals surface area (Å²) in [7, 11) is 1.67. The molecule has 2 rings (SSSR count). The van der Waals surface area contributed by atoms with Crippen molar-refractivity contribution in [3.05, 3.63) is 46.3 Å². The first kappa shape index (κ1) is 9.45. The van der Waals surface area contributed by atoms with Gasteiger partial charge in [0.05, 0.1) is 17.2 Å². The topological polar surface area (TPSA) is 54.6 Å². The van der Waals surface area contributed by atoms with Gasteiger partial charge in [-0.05, 0) is 12.1 Å². The summed E-state index contributed by atoms with van der Waals surface area (Å²) in [6, 6.07) is 7.12. The highest BCUT2D eigenvalue weighted by Crippen LogP contribution is 2.09. The van der Waals surface area contributed by atoms with Gasteiger partial charge in [-0.25, -0.2) is 0 Å². The normalized spacial score (nSPS) is 11.0. The lowest BCUT2D eigenvalue weighted by Crippen LogP contribution is -2.09. The summed E-state index contributed by atoms with van der Waals surface area (Å²) in [5.74, 6) is 0. The van der Waals surface area contributed by atoms with E-state index in [9.17, 15) is 4.79 Å². The van der Waals surface area contributed by atoms with Gasteiger partial charge >= 0.3 is 0 Å². The summed E-state index contributed by atoms with van der Waals surface area (Å²) in [6.45, 7) is 0. The zero-order valence-electron chi connectivity index (χ0n) is 8.23. The predicted molar refractivity (Wildman–Crippen MR) is 59.1 cm³/mol. The Morgan fingerprint density at radius 1 is 1.40 bits per heavy atom. The Morgan fingerprint density at radius 2 is 2.20 bits per heavy atom. The van der Waals surface area contributed by atoms with Gasteiger partial charge in [-0.1, -0.05) is 12.1 Å². The van der Waals surface area contributed by atoms with Crippen molar-refractivity contribution < 1.29 is 4.42 Å². The van der Waals surface area contributed by atoms with Crippen LogP contribution in [0.3, 0.4) is 0 Å². The second-order valence-electron chi connectivity index (χ2n) is 3.00.